The van der Waals surface area contributed by atoms with Gasteiger partial charge in [-0.3, -0.25) is 9.59 Å². The highest BCUT2D eigenvalue weighted by Gasteiger charge is 2.41. The van der Waals surface area contributed by atoms with Crippen molar-refractivity contribution in [2.75, 3.05) is 6.61 Å². The molecule has 0 aliphatic heterocycles. The van der Waals surface area contributed by atoms with E-state index >= 15 is 0 Å². The quantitative estimate of drug-likeness (QED) is 0.444. The second-order valence-electron chi connectivity index (χ2n) is 5.62. The van der Waals surface area contributed by atoms with Crippen LogP contribution in [0.4, 0.5) is 0 Å². The predicted molar refractivity (Wildman–Crippen MR) is 90.7 cm³/mol. The van der Waals surface area contributed by atoms with Crippen molar-refractivity contribution in [3.63, 3.8) is 0 Å². The molecule has 1 aromatic carbocycles. The summed E-state index contributed by atoms with van der Waals surface area (Å²) in [4.78, 5) is 36.6. The lowest BCUT2D eigenvalue weighted by Gasteiger charge is -2.25. The number of hydrogen-bond acceptors (Lipinski definition) is 7. The number of rotatable bonds is 6. The Morgan fingerprint density at radius 1 is 1.23 bits per heavy atom. The number of ketones is 1. The van der Waals surface area contributed by atoms with Gasteiger partial charge in [0.15, 0.2) is 0 Å². The van der Waals surface area contributed by atoms with Gasteiger partial charge in [0.2, 0.25) is 0 Å². The molecule has 0 aliphatic rings. The van der Waals surface area contributed by atoms with Crippen molar-refractivity contribution < 1.29 is 18.7 Å². The van der Waals surface area contributed by atoms with E-state index in [0.29, 0.717) is 5.39 Å². The van der Waals surface area contributed by atoms with E-state index in [2.05, 4.69) is 0 Å². The molecular weight excluding hydrogens is 336 g/mol. The third-order valence-corrected chi connectivity index (χ3v) is 4.02. The minimum atomic E-state index is -1.38. The molecule has 0 spiro atoms. The molecule has 7 nitrogen and oxygen atoms in total. The number of para-hydroxylation sites is 1. The summed E-state index contributed by atoms with van der Waals surface area (Å²) >= 11 is 0. The summed E-state index contributed by atoms with van der Waals surface area (Å²) in [5.74, 6) is -5.27. The Bertz CT molecular complexity index is 966. The van der Waals surface area contributed by atoms with Gasteiger partial charge in [-0.25, -0.2) is 4.79 Å². The van der Waals surface area contributed by atoms with E-state index in [1.165, 1.54) is 6.92 Å². The van der Waals surface area contributed by atoms with Crippen molar-refractivity contribution in [1.29, 1.82) is 10.5 Å². The van der Waals surface area contributed by atoms with Gasteiger partial charge in [-0.15, -0.1) is 0 Å². The van der Waals surface area contributed by atoms with Crippen LogP contribution in [0.5, 0.6) is 0 Å². The highest BCUT2D eigenvalue weighted by atomic mass is 16.5. The van der Waals surface area contributed by atoms with Crippen LogP contribution in [0.15, 0.2) is 39.5 Å². The van der Waals surface area contributed by atoms with Crippen molar-refractivity contribution in [3.8, 4) is 12.1 Å². The van der Waals surface area contributed by atoms with Gasteiger partial charge in [0.1, 0.15) is 23.2 Å². The maximum absolute atomic E-state index is 12.4. The summed E-state index contributed by atoms with van der Waals surface area (Å²) in [5, 5.41) is 19.3. The van der Waals surface area contributed by atoms with Crippen LogP contribution in [0.3, 0.4) is 0 Å². The summed E-state index contributed by atoms with van der Waals surface area (Å²) in [7, 11) is 0. The minimum absolute atomic E-state index is 0.0385. The van der Waals surface area contributed by atoms with E-state index < -0.39 is 35.1 Å². The van der Waals surface area contributed by atoms with Gasteiger partial charge in [0.05, 0.1) is 18.7 Å². The van der Waals surface area contributed by atoms with Crippen LogP contribution >= 0.6 is 0 Å². The van der Waals surface area contributed by atoms with E-state index in [1.807, 2.05) is 12.1 Å². The van der Waals surface area contributed by atoms with Crippen LogP contribution in [-0.4, -0.2) is 18.4 Å². The normalized spacial score (nSPS) is 12.8. The Hall–Kier alpha value is -3.45. The van der Waals surface area contributed by atoms with Crippen molar-refractivity contribution >= 4 is 22.7 Å². The standard InChI is InChI=1S/C19H16N2O5/c1-3-25-19(24)17(11(2)22)18(12(9-20)10-21)14-8-16(23)26-15-7-5-4-6-13(14)15/h4-8,12,17-18H,3H2,1-2H3. The highest BCUT2D eigenvalue weighted by Crippen LogP contribution is 2.37. The molecular formula is C19H16N2O5. The molecule has 0 N–H and O–H groups in total. The number of ether oxygens (including phenoxy) is 1. The van der Waals surface area contributed by atoms with Crippen LogP contribution in [0.25, 0.3) is 11.0 Å². The van der Waals surface area contributed by atoms with Gasteiger partial charge in [0.25, 0.3) is 0 Å². The molecule has 132 valence electrons. The first-order valence-electron chi connectivity index (χ1n) is 7.93. The van der Waals surface area contributed by atoms with Gasteiger partial charge < -0.3 is 9.15 Å². The fourth-order valence-corrected chi connectivity index (χ4v) is 2.95. The summed E-state index contributed by atoms with van der Waals surface area (Å²) in [5.41, 5.74) is -0.233. The number of esters is 1. The van der Waals surface area contributed by atoms with Crippen molar-refractivity contribution in [1.82, 2.24) is 0 Å². The van der Waals surface area contributed by atoms with Gasteiger partial charge in [-0.1, -0.05) is 18.2 Å². The molecule has 0 saturated carbocycles. The monoisotopic (exact) mass is 352 g/mol. The average Bonchev–Trinajstić information content (AvgIpc) is 2.61. The maximum atomic E-state index is 12.4. The smallest absolute Gasteiger partial charge is 0.336 e. The Labute approximate surface area is 149 Å². The number of fused-ring (bicyclic) bond motifs is 1. The first kappa shape index (κ1) is 18.9. The molecule has 2 unspecified atom stereocenters. The molecule has 2 aromatic rings. The molecule has 0 radical (unpaired) electrons. The number of Topliss-reactive ketones (excluding diaryl/α,β-unsaturated/α-hetero) is 1. The third kappa shape index (κ3) is 3.62. The number of hydrogen-bond donors (Lipinski definition) is 0. The number of nitrogens with zero attached hydrogens (tertiary/aromatic N) is 2. The second kappa shape index (κ2) is 8.09. The topological polar surface area (TPSA) is 121 Å². The van der Waals surface area contributed by atoms with Gasteiger partial charge in [-0.05, 0) is 25.5 Å². The van der Waals surface area contributed by atoms with Crippen LogP contribution < -0.4 is 5.63 Å². The summed E-state index contributed by atoms with van der Waals surface area (Å²) < 4.78 is 10.1. The molecule has 0 amide bonds. The second-order valence-corrected chi connectivity index (χ2v) is 5.62. The van der Waals surface area contributed by atoms with E-state index in [4.69, 9.17) is 9.15 Å². The molecule has 2 atom stereocenters. The summed E-state index contributed by atoms with van der Waals surface area (Å²) in [6, 6.07) is 11.3. The summed E-state index contributed by atoms with van der Waals surface area (Å²) in [6.45, 7) is 2.81. The molecule has 0 saturated heterocycles. The Kier molecular flexibility index (Phi) is 5.87. The minimum Gasteiger partial charge on any atom is -0.465 e. The third-order valence-electron chi connectivity index (χ3n) is 4.02. The highest BCUT2D eigenvalue weighted by molar-refractivity contribution is 5.99. The van der Waals surface area contributed by atoms with E-state index in [9.17, 15) is 24.9 Å². The zero-order valence-corrected chi connectivity index (χ0v) is 14.3. The molecule has 1 aromatic heterocycles. The number of nitriles is 2. The van der Waals surface area contributed by atoms with Crippen molar-refractivity contribution in [2.24, 2.45) is 11.8 Å². The largest absolute Gasteiger partial charge is 0.465 e. The number of carbonyl (C=O) groups excluding carboxylic acids is 2. The first-order chi connectivity index (χ1) is 12.4. The lowest BCUT2D eigenvalue weighted by atomic mass is 9.75. The van der Waals surface area contributed by atoms with Gasteiger partial charge in [-0.2, -0.15) is 10.5 Å². The fourth-order valence-electron chi connectivity index (χ4n) is 2.95. The van der Waals surface area contributed by atoms with E-state index in [1.54, 1.807) is 31.2 Å². The first-order valence-corrected chi connectivity index (χ1v) is 7.93. The van der Waals surface area contributed by atoms with Crippen LogP contribution in [0, 0.1) is 34.5 Å². The Balaban J connectivity index is 2.80. The van der Waals surface area contributed by atoms with Gasteiger partial charge >= 0.3 is 11.6 Å². The van der Waals surface area contributed by atoms with Crippen LogP contribution in [0.1, 0.15) is 25.3 Å². The Morgan fingerprint density at radius 3 is 2.46 bits per heavy atom. The predicted octanol–water partition coefficient (Wildman–Crippen LogP) is 2.31. The molecule has 7 heteroatoms. The average molecular weight is 352 g/mol. The van der Waals surface area contributed by atoms with Crippen molar-refractivity contribution in [3.05, 3.63) is 46.3 Å². The molecule has 0 aliphatic carbocycles. The molecule has 0 fully saturated rings. The van der Waals surface area contributed by atoms with Crippen LogP contribution in [-0.2, 0) is 14.3 Å². The lowest BCUT2D eigenvalue weighted by molar-refractivity contribution is -0.152. The molecule has 1 heterocycles. The molecule has 0 bridgehead atoms. The number of carbonyl (C=O) groups is 2. The van der Waals surface area contributed by atoms with Crippen molar-refractivity contribution in [2.45, 2.75) is 19.8 Å². The Morgan fingerprint density at radius 2 is 1.88 bits per heavy atom. The zero-order chi connectivity index (χ0) is 19.3. The van der Waals surface area contributed by atoms with E-state index in [0.717, 1.165) is 6.07 Å². The lowest BCUT2D eigenvalue weighted by Crippen LogP contribution is -2.34. The summed E-state index contributed by atoms with van der Waals surface area (Å²) in [6.07, 6.45) is 0. The zero-order valence-electron chi connectivity index (χ0n) is 14.3. The molecule has 2 rings (SSSR count). The van der Waals surface area contributed by atoms with Crippen LogP contribution in [0.2, 0.25) is 0 Å². The maximum Gasteiger partial charge on any atom is 0.336 e. The molecule has 26 heavy (non-hydrogen) atoms. The number of benzene rings is 1. The van der Waals surface area contributed by atoms with Gasteiger partial charge in [0, 0.05) is 17.4 Å². The van der Waals surface area contributed by atoms with E-state index in [-0.39, 0.29) is 17.8 Å². The fraction of sp³-hybridized carbons (Fsp3) is 0.316. The SMILES string of the molecule is CCOC(=O)C(C(C)=O)C(c1cc(=O)oc2ccccc12)C(C#N)C#N.